The summed E-state index contributed by atoms with van der Waals surface area (Å²) in [5.74, 6) is -0.863. The minimum Gasteiger partial charge on any atom is -0.502 e. The number of aryl methyl sites for hydroxylation is 2. The first-order chi connectivity index (χ1) is 15.6. The van der Waals surface area contributed by atoms with Crippen LogP contribution in [0.2, 0.25) is 0 Å². The van der Waals surface area contributed by atoms with Gasteiger partial charge in [-0.25, -0.2) is 0 Å². The van der Waals surface area contributed by atoms with Crippen LogP contribution in [0.15, 0.2) is 59.5 Å². The van der Waals surface area contributed by atoms with Crippen LogP contribution in [0.1, 0.15) is 58.0 Å². The first-order valence-electron chi connectivity index (χ1n) is 11.2. The van der Waals surface area contributed by atoms with Gasteiger partial charge >= 0.3 is 0 Å². The molecule has 2 aliphatic heterocycles. The summed E-state index contributed by atoms with van der Waals surface area (Å²) in [4.78, 5) is 28.9. The Labute approximate surface area is 185 Å². The molecule has 7 nitrogen and oxygen atoms in total. The van der Waals surface area contributed by atoms with Gasteiger partial charge in [0.05, 0.1) is 6.04 Å². The predicted octanol–water partition coefficient (Wildman–Crippen LogP) is 2.74. The summed E-state index contributed by atoms with van der Waals surface area (Å²) in [7, 11) is 0. The molecule has 1 saturated heterocycles. The average Bonchev–Trinajstić information content (AvgIpc) is 2.99. The van der Waals surface area contributed by atoms with E-state index in [-0.39, 0.29) is 23.8 Å². The number of aromatic hydroxyl groups is 1. The van der Waals surface area contributed by atoms with Crippen LogP contribution < -0.4 is 10.4 Å². The number of hydrogen-bond donors (Lipinski definition) is 1. The number of amides is 1. The molecule has 1 aromatic heterocycles. The number of nitrogens with zero attached hydrogens (tertiary/aromatic N) is 4. The molecule has 3 aliphatic rings. The Bertz CT molecular complexity index is 1240. The van der Waals surface area contributed by atoms with Crippen LogP contribution in [0.5, 0.6) is 5.75 Å². The number of piperidine rings is 1. The number of hydrogen-bond acceptors (Lipinski definition) is 5. The highest BCUT2D eigenvalue weighted by molar-refractivity contribution is 5.96. The maximum atomic E-state index is 13.4. The molecule has 3 aromatic rings. The number of aromatic nitrogens is 2. The second-order valence-electron chi connectivity index (χ2n) is 8.75. The van der Waals surface area contributed by atoms with Gasteiger partial charge in [-0.3, -0.25) is 14.6 Å². The van der Waals surface area contributed by atoms with Gasteiger partial charge in [0.2, 0.25) is 5.43 Å². The molecule has 1 N–H and O–H groups in total. The van der Waals surface area contributed by atoms with Crippen LogP contribution in [0.3, 0.4) is 0 Å². The van der Waals surface area contributed by atoms with Crippen LogP contribution >= 0.6 is 0 Å². The Morgan fingerprint density at radius 1 is 0.906 bits per heavy atom. The van der Waals surface area contributed by atoms with Gasteiger partial charge in [-0.2, -0.15) is 9.89 Å². The minimum absolute atomic E-state index is 0.0464. The van der Waals surface area contributed by atoms with Crippen LogP contribution in [-0.4, -0.2) is 38.5 Å². The maximum absolute atomic E-state index is 13.4. The molecule has 0 radical (unpaired) electrons. The SMILES string of the molecule is O=C1c2c(O)c(=O)cnn2N(C2c3ccccc3CCc3ccccc32)[C@@H]2CCCCN12. The van der Waals surface area contributed by atoms with Crippen molar-refractivity contribution in [2.75, 3.05) is 11.6 Å². The van der Waals surface area contributed by atoms with Gasteiger partial charge < -0.3 is 10.0 Å². The van der Waals surface area contributed by atoms with Crippen LogP contribution in [0.4, 0.5) is 0 Å². The molecule has 7 heteroatoms. The Morgan fingerprint density at radius 2 is 1.56 bits per heavy atom. The van der Waals surface area contributed by atoms with E-state index in [1.54, 1.807) is 4.90 Å². The zero-order chi connectivity index (χ0) is 21.8. The molecule has 0 saturated carbocycles. The Hall–Kier alpha value is -3.61. The number of carbonyl (C=O) groups excluding carboxylic acids is 1. The van der Waals surface area contributed by atoms with Crippen molar-refractivity contribution in [3.8, 4) is 5.75 Å². The summed E-state index contributed by atoms with van der Waals surface area (Å²) in [5.41, 5.74) is 4.18. The molecule has 0 unspecified atom stereocenters. The zero-order valence-corrected chi connectivity index (χ0v) is 17.6. The molecular formula is C25H24N4O3. The van der Waals surface area contributed by atoms with Crippen molar-refractivity contribution in [3.63, 3.8) is 0 Å². The van der Waals surface area contributed by atoms with Gasteiger partial charge in [-0.15, -0.1) is 0 Å². The lowest BCUT2D eigenvalue weighted by Gasteiger charge is -2.50. The van der Waals surface area contributed by atoms with Crippen molar-refractivity contribution in [1.82, 2.24) is 14.8 Å². The van der Waals surface area contributed by atoms with E-state index in [2.05, 4.69) is 46.5 Å². The third-order valence-corrected chi connectivity index (χ3v) is 7.03. The average molecular weight is 428 g/mol. The Kier molecular flexibility index (Phi) is 4.31. The molecule has 1 atom stereocenters. The second-order valence-corrected chi connectivity index (χ2v) is 8.75. The third-order valence-electron chi connectivity index (χ3n) is 7.03. The number of rotatable bonds is 1. The van der Waals surface area contributed by atoms with Gasteiger partial charge in [0.25, 0.3) is 5.91 Å². The van der Waals surface area contributed by atoms with E-state index in [1.165, 1.54) is 27.0 Å². The van der Waals surface area contributed by atoms with Gasteiger partial charge in [0.1, 0.15) is 12.4 Å². The normalized spacial score (nSPS) is 20.1. The highest BCUT2D eigenvalue weighted by Crippen LogP contribution is 2.41. The van der Waals surface area contributed by atoms with Crippen molar-refractivity contribution in [2.45, 2.75) is 44.3 Å². The van der Waals surface area contributed by atoms with E-state index < -0.39 is 11.2 Å². The molecule has 1 aliphatic carbocycles. The van der Waals surface area contributed by atoms with E-state index in [1.807, 2.05) is 12.1 Å². The molecule has 6 rings (SSSR count). The number of carbonyl (C=O) groups is 1. The molecule has 162 valence electrons. The van der Waals surface area contributed by atoms with Gasteiger partial charge in [0.15, 0.2) is 11.4 Å². The van der Waals surface area contributed by atoms with Crippen molar-refractivity contribution in [2.24, 2.45) is 0 Å². The molecule has 3 heterocycles. The summed E-state index contributed by atoms with van der Waals surface area (Å²) in [5, 5.41) is 17.1. The quantitative estimate of drug-likeness (QED) is 0.645. The van der Waals surface area contributed by atoms with Crippen LogP contribution in [0.25, 0.3) is 0 Å². The van der Waals surface area contributed by atoms with Gasteiger partial charge in [-0.1, -0.05) is 48.5 Å². The van der Waals surface area contributed by atoms with E-state index in [0.717, 1.165) is 38.3 Å². The highest BCUT2D eigenvalue weighted by atomic mass is 16.3. The van der Waals surface area contributed by atoms with E-state index in [4.69, 9.17) is 0 Å². The van der Waals surface area contributed by atoms with Gasteiger partial charge in [0, 0.05) is 6.54 Å². The fraction of sp³-hybridized carbons (Fsp3) is 0.320. The Balaban J connectivity index is 1.66. The smallest absolute Gasteiger partial charge is 0.279 e. The lowest BCUT2D eigenvalue weighted by atomic mass is 9.92. The van der Waals surface area contributed by atoms with Crippen molar-refractivity contribution >= 4 is 5.91 Å². The summed E-state index contributed by atoms with van der Waals surface area (Å²) in [6.07, 6.45) is 5.47. The summed E-state index contributed by atoms with van der Waals surface area (Å²) >= 11 is 0. The topological polar surface area (TPSA) is 78.7 Å². The highest BCUT2D eigenvalue weighted by Gasteiger charge is 2.45. The van der Waals surface area contributed by atoms with Crippen LogP contribution in [-0.2, 0) is 12.8 Å². The Morgan fingerprint density at radius 3 is 2.25 bits per heavy atom. The van der Waals surface area contributed by atoms with Crippen molar-refractivity contribution in [1.29, 1.82) is 0 Å². The number of fused-ring (bicyclic) bond motifs is 4. The molecular weight excluding hydrogens is 404 g/mol. The first-order valence-corrected chi connectivity index (χ1v) is 11.2. The predicted molar refractivity (Wildman–Crippen MR) is 119 cm³/mol. The summed E-state index contributed by atoms with van der Waals surface area (Å²) in [6.45, 7) is 0.596. The third kappa shape index (κ3) is 2.70. The molecule has 2 aromatic carbocycles. The first kappa shape index (κ1) is 19.1. The van der Waals surface area contributed by atoms with E-state index >= 15 is 0 Å². The molecule has 1 amide bonds. The second kappa shape index (κ2) is 7.22. The summed E-state index contributed by atoms with van der Waals surface area (Å²) < 4.78 is 0. The van der Waals surface area contributed by atoms with Crippen LogP contribution in [0, 0.1) is 0 Å². The summed E-state index contributed by atoms with van der Waals surface area (Å²) in [6, 6.07) is 16.6. The lowest BCUT2D eigenvalue weighted by molar-refractivity contribution is 0.0440. The monoisotopic (exact) mass is 428 g/mol. The van der Waals surface area contributed by atoms with Crippen molar-refractivity contribution in [3.05, 3.63) is 92.9 Å². The fourth-order valence-electron chi connectivity index (χ4n) is 5.55. The fourth-order valence-corrected chi connectivity index (χ4v) is 5.55. The molecule has 32 heavy (non-hydrogen) atoms. The lowest BCUT2D eigenvalue weighted by Crippen LogP contribution is -2.64. The number of benzene rings is 2. The molecule has 0 bridgehead atoms. The van der Waals surface area contributed by atoms with E-state index in [0.29, 0.717) is 6.54 Å². The largest absolute Gasteiger partial charge is 0.502 e. The van der Waals surface area contributed by atoms with Gasteiger partial charge in [-0.05, 0) is 54.4 Å². The van der Waals surface area contributed by atoms with E-state index in [9.17, 15) is 14.7 Å². The van der Waals surface area contributed by atoms with Crippen molar-refractivity contribution < 1.29 is 9.90 Å². The minimum atomic E-state index is -0.637. The zero-order valence-electron chi connectivity index (χ0n) is 17.6. The maximum Gasteiger partial charge on any atom is 0.279 e. The molecule has 1 fully saturated rings. The molecule has 0 spiro atoms. The standard InChI is InChI=1S/C25H24N4O3/c30-20-15-26-29-23(24(20)31)25(32)27-14-6-5-11-21(27)28(29)22-18-9-3-1-7-16(18)12-13-17-8-2-4-10-19(17)22/h1-4,7-10,15,21-22,31H,5-6,11-14H2/t21-/m1/s1.